The van der Waals surface area contributed by atoms with Crippen molar-refractivity contribution < 1.29 is 19.4 Å². The summed E-state index contributed by atoms with van der Waals surface area (Å²) in [6.07, 6.45) is 3.85. The average molecular weight is 710 g/mol. The third-order valence-electron chi connectivity index (χ3n) is 8.59. The van der Waals surface area contributed by atoms with E-state index in [0.717, 1.165) is 26.5 Å². The van der Waals surface area contributed by atoms with Crippen LogP contribution in [0.2, 0.25) is 0 Å². The highest BCUT2D eigenvalue weighted by Gasteiger charge is 2.53. The van der Waals surface area contributed by atoms with Crippen LogP contribution in [0.3, 0.4) is 0 Å². The minimum absolute atomic E-state index is 0.0472. The lowest BCUT2D eigenvalue weighted by atomic mass is 9.82. The fourth-order valence-corrected chi connectivity index (χ4v) is 6.93. The largest absolute Gasteiger partial charge is 0.494 e. The van der Waals surface area contributed by atoms with E-state index in [1.165, 1.54) is 0 Å². The Morgan fingerprint density at radius 1 is 0.923 bits per heavy atom. The summed E-state index contributed by atoms with van der Waals surface area (Å²) in [7, 11) is 0. The van der Waals surface area contributed by atoms with Gasteiger partial charge in [-0.25, -0.2) is 4.99 Å². The van der Waals surface area contributed by atoms with Gasteiger partial charge in [0.2, 0.25) is 5.90 Å². The first-order valence-electron chi connectivity index (χ1n) is 17.1. The highest BCUT2D eigenvalue weighted by molar-refractivity contribution is 7.99. The van der Waals surface area contributed by atoms with Crippen molar-refractivity contribution in [2.75, 3.05) is 13.2 Å². The molecule has 0 saturated heterocycles. The Kier molecular flexibility index (Phi) is 12.4. The molecule has 9 nitrogen and oxygen atoms in total. The first-order chi connectivity index (χ1) is 25.6. The van der Waals surface area contributed by atoms with Gasteiger partial charge in [0.25, 0.3) is 5.91 Å². The summed E-state index contributed by atoms with van der Waals surface area (Å²) in [6, 6.07) is 42.9. The van der Waals surface area contributed by atoms with Crippen molar-refractivity contribution in [3.63, 3.8) is 0 Å². The van der Waals surface area contributed by atoms with Crippen molar-refractivity contribution in [3.8, 4) is 5.75 Å². The molecule has 0 bridgehead atoms. The second-order valence-electron chi connectivity index (χ2n) is 12.1. The first kappa shape index (κ1) is 36.0. The molecule has 0 aliphatic carbocycles. The van der Waals surface area contributed by atoms with Crippen LogP contribution in [0.1, 0.15) is 46.8 Å². The van der Waals surface area contributed by atoms with E-state index in [0.29, 0.717) is 35.8 Å². The minimum Gasteiger partial charge on any atom is -0.494 e. The molecule has 1 heterocycles. The maximum absolute atomic E-state index is 14.9. The highest BCUT2D eigenvalue weighted by atomic mass is 32.2. The molecule has 6 rings (SSSR count). The molecule has 262 valence electrons. The molecule has 0 spiro atoms. The number of nitrogens with zero attached hydrogens (tertiary/aromatic N) is 4. The Morgan fingerprint density at radius 3 is 2.37 bits per heavy atom. The molecule has 1 aliphatic heterocycles. The van der Waals surface area contributed by atoms with Gasteiger partial charge in [-0.2, -0.15) is 0 Å². The highest BCUT2D eigenvalue weighted by Crippen LogP contribution is 2.44. The fraction of sp³-hybridized carbons (Fsp3) is 0.190. The molecule has 0 radical (unpaired) electrons. The van der Waals surface area contributed by atoms with Crippen LogP contribution < -0.4 is 10.1 Å². The lowest BCUT2D eigenvalue weighted by Gasteiger charge is -2.31. The van der Waals surface area contributed by atoms with Crippen molar-refractivity contribution in [2.24, 2.45) is 10.1 Å². The van der Waals surface area contributed by atoms with E-state index in [-0.39, 0.29) is 32.0 Å². The van der Waals surface area contributed by atoms with Gasteiger partial charge in [-0.3, -0.25) is 4.79 Å². The summed E-state index contributed by atoms with van der Waals surface area (Å²) in [6.45, 7) is 0.799. The molecular formula is C42H39N5O4S. The maximum atomic E-state index is 14.9. The molecule has 1 aliphatic rings. The minimum atomic E-state index is -1.43. The van der Waals surface area contributed by atoms with E-state index >= 15 is 0 Å². The Labute approximate surface area is 307 Å². The molecule has 0 aromatic heterocycles. The normalized spacial score (nSPS) is 16.5. The molecular weight excluding hydrogens is 671 g/mol. The molecule has 0 saturated carbocycles. The van der Waals surface area contributed by atoms with Crippen LogP contribution in [-0.4, -0.2) is 35.7 Å². The predicted octanol–water partition coefficient (Wildman–Crippen LogP) is 9.09. The van der Waals surface area contributed by atoms with E-state index in [9.17, 15) is 10.3 Å². The molecule has 5 aromatic rings. The summed E-state index contributed by atoms with van der Waals surface area (Å²) in [4.78, 5) is 25.2. The number of aliphatic hydroxyl groups is 1. The Balaban J connectivity index is 1.39. The maximum Gasteiger partial charge on any atom is 0.252 e. The number of azide groups is 1. The SMILES string of the molecule is [N-]=[N+]=NCc1ccccc1[C@H]1OC(c2ccc(OCCCO)cc2)=N[C@@]1(C/C=C/c1ccccc1)C(=O)NCc1ccccc1Sc1ccccc1. The van der Waals surface area contributed by atoms with E-state index in [4.69, 9.17) is 19.6 Å². The summed E-state index contributed by atoms with van der Waals surface area (Å²) >= 11 is 1.64. The number of amides is 1. The standard InChI is InChI=1S/C42H39N5O4S/c43-47-45-30-33-16-7-9-20-37(33)39-42(26-11-15-31-13-3-1-4-14-31,46-40(51-39)32-22-24-35(25-23-32)50-28-12-27-48)41(49)44-29-34-17-8-10-21-38(34)52-36-18-5-2-6-19-36/h1-11,13-25,39,48H,12,26-30H2,(H,44,49)/b15-11+/t39-,42-/m1/s1. The first-order valence-corrected chi connectivity index (χ1v) is 17.9. The number of aliphatic imine (C=N–C) groups is 1. The van der Waals surface area contributed by atoms with Gasteiger partial charge in [0.1, 0.15) is 5.75 Å². The van der Waals surface area contributed by atoms with Crippen LogP contribution in [0.4, 0.5) is 0 Å². The third kappa shape index (κ3) is 8.91. The van der Waals surface area contributed by atoms with Crippen LogP contribution in [0.15, 0.2) is 159 Å². The van der Waals surface area contributed by atoms with Gasteiger partial charge in [0.15, 0.2) is 11.6 Å². The summed E-state index contributed by atoms with van der Waals surface area (Å²) in [5.41, 5.74) is 11.8. The molecule has 1 amide bonds. The predicted molar refractivity (Wildman–Crippen MR) is 205 cm³/mol. The van der Waals surface area contributed by atoms with Gasteiger partial charge >= 0.3 is 0 Å². The van der Waals surface area contributed by atoms with Crippen molar-refractivity contribution in [3.05, 3.63) is 178 Å². The molecule has 0 fully saturated rings. The number of ether oxygens (including phenoxy) is 2. The van der Waals surface area contributed by atoms with Gasteiger partial charge in [0.05, 0.1) is 13.2 Å². The number of nitrogens with one attached hydrogen (secondary N) is 1. The summed E-state index contributed by atoms with van der Waals surface area (Å²) < 4.78 is 12.5. The van der Waals surface area contributed by atoms with Gasteiger partial charge in [-0.15, -0.1) is 0 Å². The zero-order chi connectivity index (χ0) is 36.0. The van der Waals surface area contributed by atoms with Crippen molar-refractivity contribution in [1.82, 2.24) is 5.32 Å². The zero-order valence-electron chi connectivity index (χ0n) is 28.5. The monoisotopic (exact) mass is 709 g/mol. The van der Waals surface area contributed by atoms with E-state index in [2.05, 4.69) is 33.5 Å². The molecule has 0 unspecified atom stereocenters. The quantitative estimate of drug-likeness (QED) is 0.0457. The van der Waals surface area contributed by atoms with E-state index < -0.39 is 11.6 Å². The Morgan fingerprint density at radius 2 is 1.62 bits per heavy atom. The summed E-state index contributed by atoms with van der Waals surface area (Å²) in [5, 5.41) is 16.2. The second kappa shape index (κ2) is 17.9. The van der Waals surface area contributed by atoms with E-state index in [1.807, 2.05) is 127 Å². The van der Waals surface area contributed by atoms with Gasteiger partial charge in [0, 0.05) is 46.3 Å². The van der Waals surface area contributed by atoms with Crippen LogP contribution in [0.25, 0.3) is 16.5 Å². The van der Waals surface area contributed by atoms with Crippen molar-refractivity contribution >= 4 is 29.6 Å². The van der Waals surface area contributed by atoms with Gasteiger partial charge in [-0.05, 0) is 70.2 Å². The molecule has 52 heavy (non-hydrogen) atoms. The topological polar surface area (TPSA) is 129 Å². The average Bonchev–Trinajstić information content (AvgIpc) is 3.58. The lowest BCUT2D eigenvalue weighted by Crippen LogP contribution is -2.48. The number of aliphatic hydroxyl groups excluding tert-OH is 1. The number of rotatable bonds is 16. The number of benzene rings is 5. The summed E-state index contributed by atoms with van der Waals surface area (Å²) in [5.74, 6) is 0.662. The third-order valence-corrected chi connectivity index (χ3v) is 9.72. The number of carbonyl (C=O) groups is 1. The molecule has 5 aromatic carbocycles. The smallest absolute Gasteiger partial charge is 0.252 e. The molecule has 2 N–H and O–H groups in total. The molecule has 10 heteroatoms. The Hall–Kier alpha value is -5.80. The Bertz CT molecular complexity index is 2050. The van der Waals surface area contributed by atoms with Crippen molar-refractivity contribution in [1.29, 1.82) is 0 Å². The van der Waals surface area contributed by atoms with E-state index in [1.54, 1.807) is 11.8 Å². The van der Waals surface area contributed by atoms with Crippen LogP contribution >= 0.6 is 11.8 Å². The van der Waals surface area contributed by atoms with Crippen molar-refractivity contribution in [2.45, 2.75) is 47.4 Å². The number of carbonyl (C=O) groups excluding carboxylic acids is 1. The number of hydrogen-bond acceptors (Lipinski definition) is 7. The lowest BCUT2D eigenvalue weighted by molar-refractivity contribution is -0.129. The van der Waals surface area contributed by atoms with Crippen LogP contribution in [-0.2, 0) is 22.6 Å². The molecule has 2 atom stereocenters. The van der Waals surface area contributed by atoms with Gasteiger partial charge < -0.3 is 19.9 Å². The van der Waals surface area contributed by atoms with Crippen LogP contribution in [0, 0.1) is 0 Å². The second-order valence-corrected chi connectivity index (χ2v) is 13.2. The van der Waals surface area contributed by atoms with Gasteiger partial charge in [-0.1, -0.05) is 120 Å². The number of hydrogen-bond donors (Lipinski definition) is 2. The zero-order valence-corrected chi connectivity index (χ0v) is 29.4. The van der Waals surface area contributed by atoms with Crippen LogP contribution in [0.5, 0.6) is 5.75 Å². The fourth-order valence-electron chi connectivity index (χ4n) is 5.97.